The maximum Gasteiger partial charge on any atom is 0.149 e. The summed E-state index contributed by atoms with van der Waals surface area (Å²) < 4.78 is 5.22. The molecule has 0 aromatic carbocycles. The fourth-order valence-electron chi connectivity index (χ4n) is 1.73. The van der Waals surface area contributed by atoms with Gasteiger partial charge in [-0.3, -0.25) is 0 Å². The summed E-state index contributed by atoms with van der Waals surface area (Å²) in [5.74, 6) is 0.708. The molecular formula is C11H17N3O2. The lowest BCUT2D eigenvalue weighted by atomic mass is 9.94. The van der Waals surface area contributed by atoms with E-state index < -0.39 is 5.60 Å². The van der Waals surface area contributed by atoms with Crippen LogP contribution in [0, 0.1) is 6.92 Å². The zero-order valence-corrected chi connectivity index (χ0v) is 9.44. The minimum absolute atomic E-state index is 0.495. The first-order chi connectivity index (χ1) is 7.68. The van der Waals surface area contributed by atoms with Crippen molar-refractivity contribution >= 4 is 5.82 Å². The van der Waals surface area contributed by atoms with Gasteiger partial charge in [-0.05, 0) is 18.6 Å². The van der Waals surface area contributed by atoms with E-state index in [9.17, 15) is 5.11 Å². The van der Waals surface area contributed by atoms with Gasteiger partial charge in [0.15, 0.2) is 0 Å². The van der Waals surface area contributed by atoms with Crippen LogP contribution in [0.15, 0.2) is 12.3 Å². The normalized spacial score (nSPS) is 19.4. The summed E-state index contributed by atoms with van der Waals surface area (Å²) in [6.07, 6.45) is 3.03. The number of aliphatic hydroxyl groups is 1. The summed E-state index contributed by atoms with van der Waals surface area (Å²) in [7, 11) is 0. The Morgan fingerprint density at radius 3 is 2.94 bits per heavy atom. The second-order valence-corrected chi connectivity index (χ2v) is 4.31. The third kappa shape index (κ3) is 2.90. The molecular weight excluding hydrogens is 206 g/mol. The molecule has 1 aromatic rings. The average molecular weight is 223 g/mol. The predicted molar refractivity (Wildman–Crippen MR) is 60.3 cm³/mol. The molecule has 0 amide bonds. The van der Waals surface area contributed by atoms with Crippen molar-refractivity contribution in [1.82, 2.24) is 10.2 Å². The van der Waals surface area contributed by atoms with Crippen LogP contribution in [0.1, 0.15) is 18.4 Å². The molecule has 2 N–H and O–H groups in total. The topological polar surface area (TPSA) is 67.3 Å². The van der Waals surface area contributed by atoms with Crippen LogP contribution in [0.4, 0.5) is 5.82 Å². The lowest BCUT2D eigenvalue weighted by molar-refractivity contribution is -0.0543. The average Bonchev–Trinajstić information content (AvgIpc) is 2.28. The molecule has 0 atom stereocenters. The van der Waals surface area contributed by atoms with Crippen LogP contribution in [-0.2, 0) is 4.74 Å². The van der Waals surface area contributed by atoms with E-state index >= 15 is 0 Å². The first-order valence-corrected chi connectivity index (χ1v) is 5.51. The molecule has 1 saturated heterocycles. The number of rotatable bonds is 3. The van der Waals surface area contributed by atoms with Gasteiger partial charge in [0.05, 0.1) is 11.8 Å². The number of aryl methyl sites for hydroxylation is 1. The van der Waals surface area contributed by atoms with Gasteiger partial charge in [0, 0.05) is 32.6 Å². The minimum Gasteiger partial charge on any atom is -0.388 e. The Labute approximate surface area is 94.8 Å². The third-order valence-electron chi connectivity index (χ3n) is 2.81. The molecule has 5 nitrogen and oxygen atoms in total. The smallest absolute Gasteiger partial charge is 0.149 e. The van der Waals surface area contributed by atoms with Crippen LogP contribution >= 0.6 is 0 Å². The number of aromatic nitrogens is 2. The number of hydrogen-bond donors (Lipinski definition) is 2. The van der Waals surface area contributed by atoms with Gasteiger partial charge in [0.1, 0.15) is 5.82 Å². The molecule has 1 aliphatic rings. The van der Waals surface area contributed by atoms with Crippen molar-refractivity contribution < 1.29 is 9.84 Å². The quantitative estimate of drug-likeness (QED) is 0.791. The first kappa shape index (κ1) is 11.3. The van der Waals surface area contributed by atoms with Gasteiger partial charge in [-0.25, -0.2) is 0 Å². The van der Waals surface area contributed by atoms with Gasteiger partial charge in [-0.15, -0.1) is 5.10 Å². The number of nitrogens with one attached hydrogen (secondary N) is 1. The van der Waals surface area contributed by atoms with Crippen LogP contribution in [0.5, 0.6) is 0 Å². The Morgan fingerprint density at radius 1 is 1.50 bits per heavy atom. The highest BCUT2D eigenvalue weighted by atomic mass is 16.5. The maximum atomic E-state index is 10.2. The standard InChI is InChI=1S/C11H17N3O2/c1-9-6-10(14-13-7-9)12-8-11(15)2-4-16-5-3-11/h6-7,15H,2-5,8H2,1H3,(H,12,14). The summed E-state index contributed by atoms with van der Waals surface area (Å²) in [5.41, 5.74) is 0.375. The molecule has 0 unspecified atom stereocenters. The summed E-state index contributed by atoms with van der Waals surface area (Å²) >= 11 is 0. The van der Waals surface area contributed by atoms with Crippen LogP contribution in [-0.4, -0.2) is 40.7 Å². The van der Waals surface area contributed by atoms with Gasteiger partial charge in [-0.1, -0.05) is 0 Å². The van der Waals surface area contributed by atoms with Gasteiger partial charge in [0.2, 0.25) is 0 Å². The zero-order chi connectivity index (χ0) is 11.4. The molecule has 1 aliphatic heterocycles. The maximum absolute atomic E-state index is 10.2. The van der Waals surface area contributed by atoms with Crippen molar-refractivity contribution in [1.29, 1.82) is 0 Å². The van der Waals surface area contributed by atoms with Gasteiger partial charge < -0.3 is 15.2 Å². The lowest BCUT2D eigenvalue weighted by Crippen LogP contribution is -2.42. The third-order valence-corrected chi connectivity index (χ3v) is 2.81. The van der Waals surface area contributed by atoms with E-state index in [2.05, 4.69) is 15.5 Å². The second-order valence-electron chi connectivity index (χ2n) is 4.31. The van der Waals surface area contributed by atoms with Gasteiger partial charge >= 0.3 is 0 Å². The fraction of sp³-hybridized carbons (Fsp3) is 0.636. The Morgan fingerprint density at radius 2 is 2.25 bits per heavy atom. The van der Waals surface area contributed by atoms with Crippen molar-refractivity contribution in [3.8, 4) is 0 Å². The largest absolute Gasteiger partial charge is 0.388 e. The Balaban J connectivity index is 1.91. The molecule has 0 saturated carbocycles. The van der Waals surface area contributed by atoms with Gasteiger partial charge in [-0.2, -0.15) is 5.10 Å². The monoisotopic (exact) mass is 223 g/mol. The van der Waals surface area contributed by atoms with E-state index in [0.717, 1.165) is 5.56 Å². The van der Waals surface area contributed by atoms with Crippen LogP contribution in [0.25, 0.3) is 0 Å². The highest BCUT2D eigenvalue weighted by molar-refractivity contribution is 5.35. The highest BCUT2D eigenvalue weighted by Crippen LogP contribution is 2.20. The highest BCUT2D eigenvalue weighted by Gasteiger charge is 2.29. The molecule has 1 aromatic heterocycles. The fourth-order valence-corrected chi connectivity index (χ4v) is 1.73. The summed E-state index contributed by atoms with van der Waals surface area (Å²) in [6, 6.07) is 1.91. The summed E-state index contributed by atoms with van der Waals surface area (Å²) in [6.45, 7) is 3.70. The van der Waals surface area contributed by atoms with Crippen molar-refractivity contribution in [2.45, 2.75) is 25.4 Å². The van der Waals surface area contributed by atoms with E-state index in [1.165, 1.54) is 0 Å². The van der Waals surface area contributed by atoms with E-state index in [4.69, 9.17) is 4.74 Å². The Hall–Kier alpha value is -1.20. The molecule has 0 spiro atoms. The molecule has 1 fully saturated rings. The molecule has 16 heavy (non-hydrogen) atoms. The Kier molecular flexibility index (Phi) is 3.36. The van der Waals surface area contributed by atoms with Crippen molar-refractivity contribution in [2.24, 2.45) is 0 Å². The van der Waals surface area contributed by atoms with Gasteiger partial charge in [0.25, 0.3) is 0 Å². The second kappa shape index (κ2) is 4.76. The molecule has 0 aliphatic carbocycles. The minimum atomic E-state index is -0.677. The molecule has 88 valence electrons. The van der Waals surface area contributed by atoms with Crippen LogP contribution < -0.4 is 5.32 Å². The Bertz CT molecular complexity index is 351. The molecule has 0 radical (unpaired) electrons. The van der Waals surface area contributed by atoms with Crippen molar-refractivity contribution in [3.05, 3.63) is 17.8 Å². The molecule has 0 bridgehead atoms. The SMILES string of the molecule is Cc1cnnc(NCC2(O)CCOCC2)c1. The zero-order valence-electron chi connectivity index (χ0n) is 9.44. The van der Waals surface area contributed by atoms with E-state index in [-0.39, 0.29) is 0 Å². The van der Waals surface area contributed by atoms with Crippen LogP contribution in [0.3, 0.4) is 0 Å². The van der Waals surface area contributed by atoms with Crippen molar-refractivity contribution in [2.75, 3.05) is 25.1 Å². The molecule has 2 rings (SSSR count). The first-order valence-electron chi connectivity index (χ1n) is 5.51. The number of anilines is 1. The molecule has 5 heteroatoms. The predicted octanol–water partition coefficient (Wildman–Crippen LogP) is 0.738. The van der Waals surface area contributed by atoms with E-state index in [1.54, 1.807) is 6.20 Å². The number of ether oxygens (including phenoxy) is 1. The number of nitrogens with zero attached hydrogens (tertiary/aromatic N) is 2. The number of hydrogen-bond acceptors (Lipinski definition) is 5. The van der Waals surface area contributed by atoms with Crippen LogP contribution in [0.2, 0.25) is 0 Å². The van der Waals surface area contributed by atoms with Crippen molar-refractivity contribution in [3.63, 3.8) is 0 Å². The summed E-state index contributed by atoms with van der Waals surface area (Å²) in [5, 5.41) is 21.1. The van der Waals surface area contributed by atoms with E-state index in [1.807, 2.05) is 13.0 Å². The molecule has 2 heterocycles. The summed E-state index contributed by atoms with van der Waals surface area (Å²) in [4.78, 5) is 0. The lowest BCUT2D eigenvalue weighted by Gasteiger charge is -2.32. The van der Waals surface area contributed by atoms with E-state index in [0.29, 0.717) is 38.4 Å².